The lowest BCUT2D eigenvalue weighted by molar-refractivity contribution is -0.161. The Labute approximate surface area is 315 Å². The number of aliphatic carboxylic acids is 1. The van der Waals surface area contributed by atoms with Crippen LogP contribution >= 0.6 is 7.82 Å². The van der Waals surface area contributed by atoms with Gasteiger partial charge in [0, 0.05) is 12.8 Å². The van der Waals surface area contributed by atoms with Crippen molar-refractivity contribution < 1.29 is 47.5 Å². The Kier molecular flexibility index (Phi) is 34.6. The van der Waals surface area contributed by atoms with Gasteiger partial charge in [-0.1, -0.05) is 154 Å². The molecule has 0 bridgehead atoms. The first kappa shape index (κ1) is 50.0. The molecule has 0 fully saturated rings. The van der Waals surface area contributed by atoms with E-state index in [2.05, 4.69) is 36.6 Å². The zero-order chi connectivity index (χ0) is 38.5. The molecule has 0 radical (unpaired) electrons. The van der Waals surface area contributed by atoms with Crippen molar-refractivity contribution in [3.05, 3.63) is 24.3 Å². The molecule has 0 aliphatic carbocycles. The fourth-order valence-electron chi connectivity index (χ4n) is 5.46. The first-order valence-electron chi connectivity index (χ1n) is 20.4. The Bertz CT molecular complexity index is 989. The SMILES string of the molecule is CCCCCCCCCCC/C=C/C/C=C/CCCC(=O)O[C@@H](COC(=O)CCCCCCCCCCCCC)COP(=O)(O)OC[C@H](N)C(=O)O. The number of hydrogen-bond acceptors (Lipinski definition) is 9. The molecule has 0 aromatic rings. The van der Waals surface area contributed by atoms with E-state index in [1.165, 1.54) is 103 Å². The summed E-state index contributed by atoms with van der Waals surface area (Å²) >= 11 is 0. The monoisotopic (exact) mass is 760 g/mol. The molecule has 11 nitrogen and oxygen atoms in total. The van der Waals surface area contributed by atoms with Crippen molar-refractivity contribution in [1.82, 2.24) is 0 Å². The van der Waals surface area contributed by atoms with Crippen LogP contribution in [0.4, 0.5) is 0 Å². The normalized spacial score (nSPS) is 14.1. The van der Waals surface area contributed by atoms with Crippen LogP contribution in [0.2, 0.25) is 0 Å². The van der Waals surface area contributed by atoms with Gasteiger partial charge in [-0.25, -0.2) is 4.57 Å². The minimum Gasteiger partial charge on any atom is -0.480 e. The smallest absolute Gasteiger partial charge is 0.472 e. The number of carbonyl (C=O) groups is 3. The van der Waals surface area contributed by atoms with Gasteiger partial charge in [-0.05, 0) is 38.5 Å². The van der Waals surface area contributed by atoms with Crippen LogP contribution in [-0.4, -0.2) is 59.9 Å². The van der Waals surface area contributed by atoms with E-state index in [1.807, 2.05) is 6.08 Å². The third kappa shape index (κ3) is 35.0. The van der Waals surface area contributed by atoms with Gasteiger partial charge in [-0.15, -0.1) is 0 Å². The van der Waals surface area contributed by atoms with Gasteiger partial charge in [-0.2, -0.15) is 0 Å². The second kappa shape index (κ2) is 36.0. The van der Waals surface area contributed by atoms with E-state index in [9.17, 15) is 23.8 Å². The van der Waals surface area contributed by atoms with Gasteiger partial charge in [0.2, 0.25) is 0 Å². The molecular formula is C40H74NO10P. The quantitative estimate of drug-likeness (QED) is 0.0237. The van der Waals surface area contributed by atoms with E-state index in [-0.39, 0.29) is 19.4 Å². The number of phosphoric ester groups is 1. The summed E-state index contributed by atoms with van der Waals surface area (Å²) in [5, 5.41) is 8.86. The Morgan fingerprint density at radius 1 is 0.596 bits per heavy atom. The molecule has 0 amide bonds. The lowest BCUT2D eigenvalue weighted by Gasteiger charge is -2.20. The molecule has 0 saturated heterocycles. The first-order valence-corrected chi connectivity index (χ1v) is 21.9. The van der Waals surface area contributed by atoms with E-state index in [0.29, 0.717) is 19.3 Å². The largest absolute Gasteiger partial charge is 0.480 e. The minimum atomic E-state index is -4.72. The maximum atomic E-state index is 12.6. The van der Waals surface area contributed by atoms with Crippen LogP contribution < -0.4 is 5.73 Å². The average Bonchev–Trinajstić information content (AvgIpc) is 3.12. The van der Waals surface area contributed by atoms with Gasteiger partial charge in [-0.3, -0.25) is 23.4 Å². The molecule has 3 atom stereocenters. The maximum Gasteiger partial charge on any atom is 0.472 e. The Balaban J connectivity index is 4.45. The molecule has 304 valence electrons. The van der Waals surface area contributed by atoms with Crippen LogP contribution in [0.5, 0.6) is 0 Å². The number of phosphoric acid groups is 1. The summed E-state index contributed by atoms with van der Waals surface area (Å²) in [6, 6.07) is -1.52. The van der Waals surface area contributed by atoms with Gasteiger partial charge in [0.15, 0.2) is 6.10 Å². The molecule has 12 heteroatoms. The molecule has 0 aliphatic rings. The lowest BCUT2D eigenvalue weighted by atomic mass is 10.1. The summed E-state index contributed by atoms with van der Waals surface area (Å²) < 4.78 is 32.5. The van der Waals surface area contributed by atoms with E-state index in [4.69, 9.17) is 24.8 Å². The Morgan fingerprint density at radius 3 is 1.56 bits per heavy atom. The minimum absolute atomic E-state index is 0.0999. The number of unbranched alkanes of at least 4 members (excludes halogenated alkanes) is 20. The van der Waals surface area contributed by atoms with Crippen molar-refractivity contribution in [2.45, 2.75) is 193 Å². The Morgan fingerprint density at radius 2 is 1.04 bits per heavy atom. The predicted octanol–water partition coefficient (Wildman–Crippen LogP) is 10.3. The molecule has 0 spiro atoms. The fraction of sp³-hybridized carbons (Fsp3) is 0.825. The van der Waals surface area contributed by atoms with Crippen LogP contribution in [-0.2, 0) is 37.5 Å². The summed E-state index contributed by atoms with van der Waals surface area (Å²) in [5.41, 5.74) is 5.32. The highest BCUT2D eigenvalue weighted by molar-refractivity contribution is 7.47. The van der Waals surface area contributed by atoms with E-state index >= 15 is 0 Å². The molecule has 0 rings (SSSR count). The molecule has 0 heterocycles. The topological polar surface area (TPSA) is 172 Å². The van der Waals surface area contributed by atoms with Crippen molar-refractivity contribution in [1.29, 1.82) is 0 Å². The number of rotatable bonds is 38. The molecule has 1 unspecified atom stereocenters. The molecule has 52 heavy (non-hydrogen) atoms. The molecule has 0 aromatic heterocycles. The van der Waals surface area contributed by atoms with E-state index in [1.54, 1.807) is 0 Å². The van der Waals surface area contributed by atoms with Gasteiger partial charge in [0.1, 0.15) is 12.6 Å². The van der Waals surface area contributed by atoms with Crippen LogP contribution in [0.1, 0.15) is 181 Å². The second-order valence-electron chi connectivity index (χ2n) is 13.8. The number of carboxylic acids is 1. The van der Waals surface area contributed by atoms with Crippen LogP contribution in [0.3, 0.4) is 0 Å². The highest BCUT2D eigenvalue weighted by Crippen LogP contribution is 2.43. The van der Waals surface area contributed by atoms with Crippen molar-refractivity contribution in [3.8, 4) is 0 Å². The second-order valence-corrected chi connectivity index (χ2v) is 15.2. The van der Waals surface area contributed by atoms with Crippen molar-refractivity contribution in [2.75, 3.05) is 19.8 Å². The van der Waals surface area contributed by atoms with Crippen molar-refractivity contribution >= 4 is 25.7 Å². The number of nitrogens with two attached hydrogens (primary N) is 1. The van der Waals surface area contributed by atoms with Crippen LogP contribution in [0.25, 0.3) is 0 Å². The molecular weight excluding hydrogens is 685 g/mol. The molecule has 0 aromatic carbocycles. The number of esters is 2. The first-order chi connectivity index (χ1) is 25.1. The average molecular weight is 760 g/mol. The van der Waals surface area contributed by atoms with Crippen molar-refractivity contribution in [2.24, 2.45) is 5.73 Å². The highest BCUT2D eigenvalue weighted by atomic mass is 31.2. The molecule has 4 N–H and O–H groups in total. The predicted molar refractivity (Wildman–Crippen MR) is 208 cm³/mol. The summed E-state index contributed by atoms with van der Waals surface area (Å²) in [7, 11) is -4.72. The van der Waals surface area contributed by atoms with Gasteiger partial charge in [0.25, 0.3) is 0 Å². The summed E-state index contributed by atoms with van der Waals surface area (Å²) in [6.07, 6.45) is 35.4. The number of carbonyl (C=O) groups excluding carboxylic acids is 2. The molecule has 0 aliphatic heterocycles. The van der Waals surface area contributed by atoms with Gasteiger partial charge >= 0.3 is 25.7 Å². The zero-order valence-electron chi connectivity index (χ0n) is 32.7. The van der Waals surface area contributed by atoms with Gasteiger partial charge in [0.05, 0.1) is 13.2 Å². The Hall–Kier alpha value is -2.04. The summed E-state index contributed by atoms with van der Waals surface area (Å²) in [6.45, 7) is 2.75. The summed E-state index contributed by atoms with van der Waals surface area (Å²) in [5.74, 6) is -2.43. The summed E-state index contributed by atoms with van der Waals surface area (Å²) in [4.78, 5) is 45.7. The van der Waals surface area contributed by atoms with Crippen LogP contribution in [0.15, 0.2) is 24.3 Å². The number of hydrogen-bond donors (Lipinski definition) is 3. The third-order valence-corrected chi connectivity index (χ3v) is 9.65. The lowest BCUT2D eigenvalue weighted by Crippen LogP contribution is -2.34. The standard InChI is InChI=1S/C40H74NO10P/c1-3-5-7-9-11-13-15-16-17-18-19-20-22-24-26-28-30-32-39(43)51-36(34-49-52(46,47)50-35-37(41)40(44)45)33-48-38(42)31-29-27-25-23-21-14-12-10-8-6-4-2/h19-20,24,26,36-37H,3-18,21-23,25,27-35,41H2,1-2H3,(H,44,45)(H,46,47)/b20-19+,26-24+/t36-,37-/m0/s1. The zero-order valence-corrected chi connectivity index (χ0v) is 33.5. The number of ether oxygens (including phenoxy) is 2. The maximum absolute atomic E-state index is 12.6. The fourth-order valence-corrected chi connectivity index (χ4v) is 6.23. The molecule has 0 saturated carbocycles. The van der Waals surface area contributed by atoms with Crippen molar-refractivity contribution in [3.63, 3.8) is 0 Å². The highest BCUT2D eigenvalue weighted by Gasteiger charge is 2.28. The third-order valence-electron chi connectivity index (χ3n) is 8.70. The van der Waals surface area contributed by atoms with E-state index < -0.39 is 51.1 Å². The number of carboxylic acid groups (broad SMARTS) is 1. The van der Waals surface area contributed by atoms with Gasteiger partial charge < -0.3 is 25.2 Å². The van der Waals surface area contributed by atoms with E-state index in [0.717, 1.165) is 32.1 Å². The van der Waals surface area contributed by atoms with Crippen LogP contribution in [0, 0.1) is 0 Å². The number of allylic oxidation sites excluding steroid dienone is 4.